The van der Waals surface area contributed by atoms with Gasteiger partial charge in [-0.2, -0.15) is 0 Å². The number of carbonyl (C=O) groups excluding carboxylic acids is 2. The van der Waals surface area contributed by atoms with Crippen molar-refractivity contribution in [2.24, 2.45) is 0 Å². The zero-order valence-corrected chi connectivity index (χ0v) is 15.9. The van der Waals surface area contributed by atoms with Gasteiger partial charge < -0.3 is 4.90 Å². The monoisotopic (exact) mass is 373 g/mol. The highest BCUT2D eigenvalue weighted by atomic mass is 19.1. The number of nitrogens with zero attached hydrogens (tertiary/aromatic N) is 2. The zero-order chi connectivity index (χ0) is 19.0. The predicted octanol–water partition coefficient (Wildman–Crippen LogP) is 2.80. The van der Waals surface area contributed by atoms with Crippen LogP contribution in [0.2, 0.25) is 0 Å². The molecule has 146 valence electrons. The summed E-state index contributed by atoms with van der Waals surface area (Å²) in [6.07, 6.45) is 7.25. The molecule has 5 nitrogen and oxygen atoms in total. The molecular formula is C21H28FN3O2. The van der Waals surface area contributed by atoms with Gasteiger partial charge in [0, 0.05) is 42.8 Å². The number of piperidine rings is 1. The smallest absolute Gasteiger partial charge is 0.234 e. The van der Waals surface area contributed by atoms with Crippen LogP contribution in [0.15, 0.2) is 18.2 Å². The van der Waals surface area contributed by atoms with Crippen LogP contribution in [0, 0.1) is 5.82 Å². The van der Waals surface area contributed by atoms with Gasteiger partial charge >= 0.3 is 0 Å². The van der Waals surface area contributed by atoms with E-state index in [4.69, 9.17) is 0 Å². The lowest BCUT2D eigenvalue weighted by atomic mass is 9.89. The molecule has 1 aromatic rings. The Morgan fingerprint density at radius 1 is 1.07 bits per heavy atom. The van der Waals surface area contributed by atoms with Gasteiger partial charge in [0.05, 0.1) is 5.92 Å². The number of hydrogen-bond donors (Lipinski definition) is 1. The minimum atomic E-state index is -0.571. The van der Waals surface area contributed by atoms with Gasteiger partial charge in [-0.25, -0.2) is 4.39 Å². The molecule has 27 heavy (non-hydrogen) atoms. The Kier molecular flexibility index (Phi) is 5.17. The third-order valence-electron chi connectivity index (χ3n) is 6.55. The zero-order valence-electron chi connectivity index (χ0n) is 15.9. The summed E-state index contributed by atoms with van der Waals surface area (Å²) in [5.41, 5.74) is 1.26. The van der Waals surface area contributed by atoms with E-state index < -0.39 is 11.8 Å². The maximum atomic E-state index is 14.7. The molecule has 2 saturated heterocycles. The van der Waals surface area contributed by atoms with Crippen molar-refractivity contribution in [3.05, 3.63) is 29.6 Å². The van der Waals surface area contributed by atoms with Gasteiger partial charge in [0.15, 0.2) is 0 Å². The second kappa shape index (κ2) is 7.58. The number of amides is 2. The SMILES string of the molecule is CN(C1CCCCC1)C1CN(c2ccc(C3CCC(=O)NC3=O)c(F)c2)C1. The van der Waals surface area contributed by atoms with Crippen molar-refractivity contribution in [2.75, 3.05) is 25.0 Å². The molecule has 0 bridgehead atoms. The standard InChI is InChI=1S/C21H28FN3O2/c1-24(14-5-3-2-4-6-14)16-12-25(13-16)15-7-8-17(19(22)11-15)18-9-10-20(26)23-21(18)27/h7-8,11,14,16,18H,2-6,9-10,12-13H2,1H3,(H,23,26,27). The van der Waals surface area contributed by atoms with Crippen molar-refractivity contribution in [3.63, 3.8) is 0 Å². The van der Waals surface area contributed by atoms with E-state index in [9.17, 15) is 14.0 Å². The molecule has 0 spiro atoms. The molecule has 1 saturated carbocycles. The summed E-state index contributed by atoms with van der Waals surface area (Å²) in [5.74, 6) is -1.59. The van der Waals surface area contributed by atoms with Crippen molar-refractivity contribution in [1.29, 1.82) is 0 Å². The number of rotatable bonds is 4. The molecule has 6 heteroatoms. The van der Waals surface area contributed by atoms with Crippen LogP contribution in [0.3, 0.4) is 0 Å². The van der Waals surface area contributed by atoms with Crippen molar-refractivity contribution >= 4 is 17.5 Å². The lowest BCUT2D eigenvalue weighted by Gasteiger charge is -2.48. The Balaban J connectivity index is 1.37. The van der Waals surface area contributed by atoms with E-state index >= 15 is 0 Å². The lowest BCUT2D eigenvalue weighted by molar-refractivity contribution is -0.134. The van der Waals surface area contributed by atoms with Gasteiger partial charge in [0.2, 0.25) is 11.8 Å². The molecule has 0 aromatic heterocycles. The number of carbonyl (C=O) groups is 2. The van der Waals surface area contributed by atoms with E-state index in [-0.39, 0.29) is 18.1 Å². The summed E-state index contributed by atoms with van der Waals surface area (Å²) in [6.45, 7) is 1.84. The van der Waals surface area contributed by atoms with E-state index in [0.717, 1.165) is 18.8 Å². The average molecular weight is 373 g/mol. The number of benzene rings is 1. The fourth-order valence-corrected chi connectivity index (χ4v) is 4.70. The first-order chi connectivity index (χ1) is 13.0. The topological polar surface area (TPSA) is 52.6 Å². The first-order valence-electron chi connectivity index (χ1n) is 10.1. The Morgan fingerprint density at radius 3 is 2.48 bits per heavy atom. The predicted molar refractivity (Wildman–Crippen MR) is 102 cm³/mol. The number of halogens is 1. The summed E-state index contributed by atoms with van der Waals surface area (Å²) in [4.78, 5) is 28.0. The van der Waals surface area contributed by atoms with E-state index in [2.05, 4.69) is 22.2 Å². The summed E-state index contributed by atoms with van der Waals surface area (Å²) >= 11 is 0. The Morgan fingerprint density at radius 2 is 1.81 bits per heavy atom. The van der Waals surface area contributed by atoms with Crippen LogP contribution in [-0.4, -0.2) is 48.9 Å². The second-order valence-corrected chi connectivity index (χ2v) is 8.23. The number of anilines is 1. The molecular weight excluding hydrogens is 345 g/mol. The molecule has 4 rings (SSSR count). The number of nitrogens with one attached hydrogen (secondary N) is 1. The van der Waals surface area contributed by atoms with E-state index in [0.29, 0.717) is 24.1 Å². The van der Waals surface area contributed by atoms with Crippen LogP contribution in [0.25, 0.3) is 0 Å². The van der Waals surface area contributed by atoms with Gasteiger partial charge in [-0.3, -0.25) is 19.8 Å². The second-order valence-electron chi connectivity index (χ2n) is 8.23. The molecule has 1 aromatic carbocycles. The highest BCUT2D eigenvalue weighted by Crippen LogP contribution is 2.32. The quantitative estimate of drug-likeness (QED) is 0.825. The van der Waals surface area contributed by atoms with Gasteiger partial charge in [-0.15, -0.1) is 0 Å². The van der Waals surface area contributed by atoms with Gasteiger partial charge in [-0.1, -0.05) is 25.3 Å². The molecule has 2 aliphatic heterocycles. The van der Waals surface area contributed by atoms with E-state index in [1.165, 1.54) is 38.2 Å². The number of imide groups is 1. The molecule has 3 fully saturated rings. The third-order valence-corrected chi connectivity index (χ3v) is 6.55. The first kappa shape index (κ1) is 18.4. The van der Waals surface area contributed by atoms with Crippen molar-refractivity contribution in [1.82, 2.24) is 10.2 Å². The summed E-state index contributed by atoms with van der Waals surface area (Å²) < 4.78 is 14.7. The molecule has 3 aliphatic rings. The highest BCUT2D eigenvalue weighted by molar-refractivity contribution is 6.01. The van der Waals surface area contributed by atoms with Crippen LogP contribution >= 0.6 is 0 Å². The molecule has 2 heterocycles. The van der Waals surface area contributed by atoms with Crippen LogP contribution in [0.4, 0.5) is 10.1 Å². The van der Waals surface area contributed by atoms with Crippen molar-refractivity contribution in [3.8, 4) is 0 Å². The molecule has 1 aliphatic carbocycles. The summed E-state index contributed by atoms with van der Waals surface area (Å²) in [5, 5.41) is 2.30. The fourth-order valence-electron chi connectivity index (χ4n) is 4.70. The molecule has 2 amide bonds. The first-order valence-corrected chi connectivity index (χ1v) is 10.1. The molecule has 1 N–H and O–H groups in total. The molecule has 0 radical (unpaired) electrons. The van der Waals surface area contributed by atoms with Gasteiger partial charge in [-0.05, 0) is 38.4 Å². The molecule has 1 atom stereocenters. The van der Waals surface area contributed by atoms with Crippen molar-refractivity contribution in [2.45, 2.75) is 62.9 Å². The normalized spacial score (nSPS) is 24.9. The van der Waals surface area contributed by atoms with E-state index in [1.54, 1.807) is 6.07 Å². The minimum absolute atomic E-state index is 0.263. The highest BCUT2D eigenvalue weighted by Gasteiger charge is 2.35. The van der Waals surface area contributed by atoms with Gasteiger partial charge in [0.25, 0.3) is 0 Å². The van der Waals surface area contributed by atoms with Crippen LogP contribution in [-0.2, 0) is 9.59 Å². The van der Waals surface area contributed by atoms with Crippen LogP contribution in [0.5, 0.6) is 0 Å². The lowest BCUT2D eigenvalue weighted by Crippen LogP contribution is -2.61. The minimum Gasteiger partial charge on any atom is -0.368 e. The van der Waals surface area contributed by atoms with Crippen LogP contribution in [0.1, 0.15) is 56.4 Å². The Bertz CT molecular complexity index is 726. The average Bonchev–Trinajstić information content (AvgIpc) is 2.62. The van der Waals surface area contributed by atoms with Crippen molar-refractivity contribution < 1.29 is 14.0 Å². The van der Waals surface area contributed by atoms with Gasteiger partial charge in [0.1, 0.15) is 5.82 Å². The maximum Gasteiger partial charge on any atom is 0.234 e. The Labute approximate surface area is 159 Å². The maximum absolute atomic E-state index is 14.7. The molecule has 1 unspecified atom stereocenters. The fraction of sp³-hybridized carbons (Fsp3) is 0.619. The number of likely N-dealkylation sites (N-methyl/N-ethyl adjacent to an activating group) is 1. The van der Waals surface area contributed by atoms with E-state index in [1.807, 2.05) is 6.07 Å². The number of hydrogen-bond acceptors (Lipinski definition) is 4. The summed E-state index contributed by atoms with van der Waals surface area (Å²) in [7, 11) is 2.23. The largest absolute Gasteiger partial charge is 0.368 e. The summed E-state index contributed by atoms with van der Waals surface area (Å²) in [6, 6.07) is 6.38. The van der Waals surface area contributed by atoms with Crippen LogP contribution < -0.4 is 10.2 Å². The Hall–Kier alpha value is -1.95. The third kappa shape index (κ3) is 3.72.